The van der Waals surface area contributed by atoms with Gasteiger partial charge in [0.15, 0.2) is 0 Å². The summed E-state index contributed by atoms with van der Waals surface area (Å²) in [6.45, 7) is 3.12. The van der Waals surface area contributed by atoms with Crippen LogP contribution in [0.25, 0.3) is 11.6 Å². The number of fused-ring (bicyclic) bond motifs is 1. The van der Waals surface area contributed by atoms with Crippen molar-refractivity contribution in [1.29, 1.82) is 0 Å². The molecule has 0 fully saturated rings. The molecular formula is C24H18ClI2NO2. The standard InChI is InChI=1S/C24H18ClI2NO2/c1-2-28-22-6-4-3-5-18(22)19(24(28)29)11-16-12-20(26)23(21(27)13-16)30-14-15-7-9-17(25)10-8-15/h3-13H,2,14H2,1H3/b19-11-. The van der Waals surface area contributed by atoms with Crippen LogP contribution in [0.3, 0.4) is 0 Å². The van der Waals surface area contributed by atoms with Crippen LogP contribution in [0.4, 0.5) is 5.69 Å². The van der Waals surface area contributed by atoms with Crippen LogP contribution < -0.4 is 9.64 Å². The molecule has 3 nitrogen and oxygen atoms in total. The van der Waals surface area contributed by atoms with Crippen molar-refractivity contribution in [3.8, 4) is 5.75 Å². The summed E-state index contributed by atoms with van der Waals surface area (Å²) >= 11 is 10.5. The summed E-state index contributed by atoms with van der Waals surface area (Å²) < 4.78 is 8.09. The topological polar surface area (TPSA) is 29.5 Å². The van der Waals surface area contributed by atoms with E-state index in [-0.39, 0.29) is 5.91 Å². The normalized spacial score (nSPS) is 14.3. The van der Waals surface area contributed by atoms with Gasteiger partial charge in [-0.15, -0.1) is 0 Å². The highest BCUT2D eigenvalue weighted by atomic mass is 127. The van der Waals surface area contributed by atoms with E-state index in [1.807, 2.05) is 66.4 Å². The number of para-hydroxylation sites is 1. The van der Waals surface area contributed by atoms with Gasteiger partial charge in [-0.05, 0) is 99.6 Å². The third kappa shape index (κ3) is 4.38. The number of anilines is 1. The van der Waals surface area contributed by atoms with Gasteiger partial charge in [0, 0.05) is 22.7 Å². The Labute approximate surface area is 208 Å². The van der Waals surface area contributed by atoms with Gasteiger partial charge in [-0.25, -0.2) is 0 Å². The molecule has 0 N–H and O–H groups in total. The Morgan fingerprint density at radius 1 is 1.03 bits per heavy atom. The molecule has 1 heterocycles. The number of hydrogen-bond donors (Lipinski definition) is 0. The first kappa shape index (κ1) is 21.6. The number of hydrogen-bond acceptors (Lipinski definition) is 2. The second-order valence-electron chi connectivity index (χ2n) is 6.85. The maximum absolute atomic E-state index is 12.9. The first-order valence-electron chi connectivity index (χ1n) is 9.47. The molecule has 30 heavy (non-hydrogen) atoms. The molecule has 0 bridgehead atoms. The van der Waals surface area contributed by atoms with Gasteiger partial charge in [0.05, 0.1) is 12.8 Å². The Morgan fingerprint density at radius 2 is 1.70 bits per heavy atom. The minimum atomic E-state index is 0.0479. The second kappa shape index (κ2) is 9.28. The number of benzene rings is 3. The van der Waals surface area contributed by atoms with Crippen LogP contribution in [0, 0.1) is 7.14 Å². The summed E-state index contributed by atoms with van der Waals surface area (Å²) in [5.74, 6) is 0.897. The number of halogens is 3. The molecule has 0 atom stereocenters. The summed E-state index contributed by atoms with van der Waals surface area (Å²) in [6.07, 6.45) is 1.98. The van der Waals surface area contributed by atoms with E-state index in [1.165, 1.54) is 0 Å². The van der Waals surface area contributed by atoms with Gasteiger partial charge in [0.2, 0.25) is 0 Å². The molecule has 1 amide bonds. The first-order valence-corrected chi connectivity index (χ1v) is 12.0. The fraction of sp³-hybridized carbons (Fsp3) is 0.125. The van der Waals surface area contributed by atoms with E-state index in [1.54, 1.807) is 0 Å². The van der Waals surface area contributed by atoms with Gasteiger partial charge >= 0.3 is 0 Å². The zero-order chi connectivity index (χ0) is 21.3. The molecule has 6 heteroatoms. The maximum atomic E-state index is 12.9. The van der Waals surface area contributed by atoms with Gasteiger partial charge in [0.1, 0.15) is 12.4 Å². The van der Waals surface area contributed by atoms with Gasteiger partial charge in [0.25, 0.3) is 5.91 Å². The molecule has 0 saturated heterocycles. The highest BCUT2D eigenvalue weighted by Crippen LogP contribution is 2.38. The maximum Gasteiger partial charge on any atom is 0.258 e. The Hall–Kier alpha value is -1.58. The zero-order valence-electron chi connectivity index (χ0n) is 16.2. The van der Waals surface area contributed by atoms with Crippen molar-refractivity contribution in [2.75, 3.05) is 11.4 Å². The molecular weight excluding hydrogens is 624 g/mol. The predicted octanol–water partition coefficient (Wildman–Crippen LogP) is 7.04. The third-order valence-electron chi connectivity index (χ3n) is 4.90. The molecule has 3 aromatic carbocycles. The van der Waals surface area contributed by atoms with Crippen LogP contribution in [0.2, 0.25) is 5.02 Å². The molecule has 4 rings (SSSR count). The van der Waals surface area contributed by atoms with E-state index in [2.05, 4.69) is 57.3 Å². The Balaban J connectivity index is 1.62. The number of likely N-dealkylation sites (N-methyl/N-ethyl adjacent to an activating group) is 1. The smallest absolute Gasteiger partial charge is 0.258 e. The number of rotatable bonds is 5. The Bertz CT molecular complexity index is 1120. The highest BCUT2D eigenvalue weighted by molar-refractivity contribution is 14.1. The fourth-order valence-electron chi connectivity index (χ4n) is 3.46. The van der Waals surface area contributed by atoms with Crippen LogP contribution in [-0.2, 0) is 11.4 Å². The summed E-state index contributed by atoms with van der Waals surface area (Å²) in [5, 5.41) is 0.713. The summed E-state index contributed by atoms with van der Waals surface area (Å²) in [4.78, 5) is 14.8. The monoisotopic (exact) mass is 641 g/mol. The minimum Gasteiger partial charge on any atom is -0.487 e. The minimum absolute atomic E-state index is 0.0479. The van der Waals surface area contributed by atoms with Crippen molar-refractivity contribution >= 4 is 80.0 Å². The van der Waals surface area contributed by atoms with Crippen LogP contribution in [0.15, 0.2) is 60.7 Å². The molecule has 0 aromatic heterocycles. The second-order valence-corrected chi connectivity index (χ2v) is 9.61. The van der Waals surface area contributed by atoms with Crippen LogP contribution in [0.1, 0.15) is 23.6 Å². The van der Waals surface area contributed by atoms with Gasteiger partial charge in [-0.1, -0.05) is 41.9 Å². The molecule has 0 spiro atoms. The van der Waals surface area contributed by atoms with Crippen molar-refractivity contribution < 1.29 is 9.53 Å². The lowest BCUT2D eigenvalue weighted by atomic mass is 10.0. The van der Waals surface area contributed by atoms with Crippen LogP contribution >= 0.6 is 56.8 Å². The molecule has 1 aliphatic heterocycles. The average Bonchev–Trinajstić information content (AvgIpc) is 3.00. The Kier molecular flexibility index (Phi) is 6.69. The molecule has 1 aliphatic rings. The van der Waals surface area contributed by atoms with E-state index in [0.29, 0.717) is 18.2 Å². The average molecular weight is 642 g/mol. The lowest BCUT2D eigenvalue weighted by Crippen LogP contribution is -2.25. The summed E-state index contributed by atoms with van der Waals surface area (Å²) in [7, 11) is 0. The number of nitrogens with zero attached hydrogens (tertiary/aromatic N) is 1. The van der Waals surface area contributed by atoms with E-state index in [9.17, 15) is 4.79 Å². The Morgan fingerprint density at radius 3 is 2.37 bits per heavy atom. The SMILES string of the molecule is CCN1C(=O)/C(=C\c2cc(I)c(OCc3ccc(Cl)cc3)c(I)c2)c2ccccc21. The molecule has 0 radical (unpaired) electrons. The number of carbonyl (C=O) groups excluding carboxylic acids is 1. The van der Waals surface area contributed by atoms with E-state index in [0.717, 1.165) is 40.8 Å². The number of amides is 1. The molecule has 0 saturated carbocycles. The lowest BCUT2D eigenvalue weighted by molar-refractivity contribution is -0.112. The molecule has 0 unspecified atom stereocenters. The van der Waals surface area contributed by atoms with Crippen molar-refractivity contribution in [1.82, 2.24) is 0 Å². The predicted molar refractivity (Wildman–Crippen MR) is 140 cm³/mol. The number of ether oxygens (including phenoxy) is 1. The van der Waals surface area contributed by atoms with Crippen molar-refractivity contribution in [3.63, 3.8) is 0 Å². The van der Waals surface area contributed by atoms with E-state index >= 15 is 0 Å². The van der Waals surface area contributed by atoms with Gasteiger partial charge in [-0.3, -0.25) is 4.79 Å². The molecule has 0 aliphatic carbocycles. The lowest BCUT2D eigenvalue weighted by Gasteiger charge is -2.13. The highest BCUT2D eigenvalue weighted by Gasteiger charge is 2.30. The van der Waals surface area contributed by atoms with Crippen molar-refractivity contribution in [2.24, 2.45) is 0 Å². The number of carbonyl (C=O) groups is 1. The zero-order valence-corrected chi connectivity index (χ0v) is 21.2. The van der Waals surface area contributed by atoms with E-state index < -0.39 is 0 Å². The third-order valence-corrected chi connectivity index (χ3v) is 6.76. The fourth-order valence-corrected chi connectivity index (χ4v) is 5.72. The summed E-state index contributed by atoms with van der Waals surface area (Å²) in [6, 6.07) is 19.7. The molecule has 3 aromatic rings. The van der Waals surface area contributed by atoms with E-state index in [4.69, 9.17) is 16.3 Å². The first-order chi connectivity index (χ1) is 14.5. The quantitative estimate of drug-likeness (QED) is 0.221. The van der Waals surface area contributed by atoms with Gasteiger partial charge < -0.3 is 9.64 Å². The largest absolute Gasteiger partial charge is 0.487 e. The van der Waals surface area contributed by atoms with Crippen molar-refractivity contribution in [2.45, 2.75) is 13.5 Å². The van der Waals surface area contributed by atoms with Crippen LogP contribution in [0.5, 0.6) is 5.75 Å². The summed E-state index contributed by atoms with van der Waals surface area (Å²) in [5.41, 5.74) is 4.73. The van der Waals surface area contributed by atoms with Crippen molar-refractivity contribution in [3.05, 3.63) is 89.5 Å². The van der Waals surface area contributed by atoms with Gasteiger partial charge in [-0.2, -0.15) is 0 Å². The molecule has 152 valence electrons. The van der Waals surface area contributed by atoms with Crippen LogP contribution in [-0.4, -0.2) is 12.5 Å².